The fourth-order valence-corrected chi connectivity index (χ4v) is 16.7. The van der Waals surface area contributed by atoms with Crippen LogP contribution in [-0.4, -0.2) is 227 Å². The lowest BCUT2D eigenvalue weighted by atomic mass is 9.79. The third kappa shape index (κ3) is 42.1. The Hall–Kier alpha value is -6.75. The number of pyridine rings is 2. The molecule has 0 aliphatic carbocycles. The first-order chi connectivity index (χ1) is 64.8. The number of nitrogens with two attached hydrogens (primary N) is 3. The number of rotatable bonds is 31. The van der Waals surface area contributed by atoms with Crippen molar-refractivity contribution in [1.29, 1.82) is 0 Å². The Morgan fingerprint density at radius 1 is 0.489 bits per heavy atom. The minimum Gasteiger partial charge on any atom is -0.485 e. The lowest BCUT2D eigenvalue weighted by Crippen LogP contribution is -2.41. The summed E-state index contributed by atoms with van der Waals surface area (Å²) < 4.78 is 206. The maximum atomic E-state index is 14.0. The van der Waals surface area contributed by atoms with Gasteiger partial charge in [0.1, 0.15) is 36.5 Å². The second kappa shape index (κ2) is 57.8. The van der Waals surface area contributed by atoms with Gasteiger partial charge in [-0.1, -0.05) is 120 Å². The molecule has 6 aromatic carbocycles. The number of aromatic nitrogens is 2. The summed E-state index contributed by atoms with van der Waals surface area (Å²) in [4.78, 5) is 14.3. The first-order valence-electron chi connectivity index (χ1n) is 44.4. The molecule has 2 aromatic heterocycles. The van der Waals surface area contributed by atoms with E-state index in [4.69, 9.17) is 128 Å². The van der Waals surface area contributed by atoms with Gasteiger partial charge in [-0.15, -0.1) is 34.8 Å². The van der Waals surface area contributed by atoms with Gasteiger partial charge >= 0.3 is 21.4 Å². The van der Waals surface area contributed by atoms with Crippen LogP contribution in [0.3, 0.4) is 0 Å². The molecule has 4 aliphatic rings. The summed E-state index contributed by atoms with van der Waals surface area (Å²) in [6.07, 6.45) is 3.03. The van der Waals surface area contributed by atoms with Gasteiger partial charge in [0.2, 0.25) is 29.1 Å². The van der Waals surface area contributed by atoms with Crippen LogP contribution in [0.25, 0.3) is 11.1 Å². The molecule has 8 aromatic rings. The van der Waals surface area contributed by atoms with Crippen LogP contribution in [0.2, 0.25) is 10.0 Å². The Kier molecular flexibility index (Phi) is 51.8. The van der Waals surface area contributed by atoms with Crippen molar-refractivity contribution in [2.45, 2.75) is 171 Å². The second-order valence-electron chi connectivity index (χ2n) is 34.2. The fourth-order valence-electron chi connectivity index (χ4n) is 12.0. The van der Waals surface area contributed by atoms with Crippen molar-refractivity contribution in [2.24, 2.45) is 0 Å². The minimum absolute atomic E-state index is 0.00502. The maximum absolute atomic E-state index is 14.0. The molecule has 0 amide bonds. The minimum atomic E-state index is -3.49. The number of hydrogen-bond acceptors (Lipinski definition) is 26. The first-order valence-corrected chi connectivity index (χ1v) is 54.8. The van der Waals surface area contributed by atoms with Crippen LogP contribution in [0.15, 0.2) is 162 Å². The van der Waals surface area contributed by atoms with Crippen LogP contribution in [0.5, 0.6) is 11.5 Å². The SMILES string of the molecule is C=CS(=O)(=O)Nc1ccc(B2OC(C)(C)C(C)(C)O2)cc1.CC1(C)OB(c2ccc(N)cc2)OC1(C)C.CCN(CC)CCS(=O)(=O)Nc1ccc(-c2cnc(N)c(OCc3c(F)ccc(F)c3Cl)c2)cc1.CCN(CC)CCS(=O)(=O)Nc1ccc(B2OC(C)(C)C(C)(C)O2)cc1.CCNCC.CN1CCOCC1.ClCCl.Nc1ncc(Br)cc1OCc1c(F)ccc(F)c1Cl.O=S(=O)(Cl)CCCl. The van der Waals surface area contributed by atoms with E-state index in [1.807, 2.05) is 152 Å². The van der Waals surface area contributed by atoms with Gasteiger partial charge in [0, 0.05) is 104 Å². The third-order valence-corrected chi connectivity index (χ3v) is 28.8. The first kappa shape index (κ1) is 125. The molecule has 4 aliphatic heterocycles. The number of nitrogen functional groups attached to an aromatic ring is 3. The van der Waals surface area contributed by atoms with E-state index >= 15 is 0 Å². The van der Waals surface area contributed by atoms with Gasteiger partial charge in [0.05, 0.1) is 79.5 Å². The molecule has 29 nitrogen and oxygen atoms in total. The Morgan fingerprint density at radius 2 is 0.813 bits per heavy atom. The number of nitrogens with one attached hydrogen (secondary N) is 4. The van der Waals surface area contributed by atoms with Gasteiger partial charge in [0.15, 0.2) is 23.1 Å². The molecule has 0 atom stereocenters. The highest BCUT2D eigenvalue weighted by atomic mass is 79.9. The van der Waals surface area contributed by atoms with E-state index in [1.165, 1.54) is 12.4 Å². The van der Waals surface area contributed by atoms with E-state index in [9.17, 15) is 51.2 Å². The molecule has 10 N–H and O–H groups in total. The molecule has 47 heteroatoms. The van der Waals surface area contributed by atoms with Crippen molar-refractivity contribution >= 4 is 196 Å². The number of nitrogens with zero attached hydrogens (tertiary/aromatic N) is 5. The predicted molar refractivity (Wildman–Crippen MR) is 565 cm³/mol. The van der Waals surface area contributed by atoms with Crippen LogP contribution in [0, 0.1) is 23.3 Å². The van der Waals surface area contributed by atoms with Crippen molar-refractivity contribution in [3.8, 4) is 22.6 Å². The highest BCUT2D eigenvalue weighted by Gasteiger charge is 2.54. The number of likely N-dealkylation sites (N-methyl/N-ethyl adjacent to an activating group) is 1. The molecule has 0 unspecified atom stereocenters. The standard InChI is InChI=1S/C24H27ClF2N4O3S.C18H31BN2O4S.C14H20BNO4S.C12H18BNO2.C12H8BrClF2N2O.C5H11NO.C4H11N.C2H4Cl2O2S.CH2Cl2/c1-3-31(4-2)11-12-35(32,33)30-18-7-5-16(6-8-18)17-13-22(24(28)29-14-17)34-15-19-20(26)9-10-21(27)23(19)25;1-7-21(8-2)13-14-26(22,23)20-16-11-9-15(10-12-16)19-24-17(3,4)18(5,6)25-19;1-6-21(17,18)16-12-9-7-11(8-10-12)15-19-13(2,3)14(4,5)20-15;1-11(2)12(3,4)16-13(15-11)9-5-7-10(14)8-6-9;13-6-3-10(12(17)18-4-6)19-5-7-8(15)1-2-9(16)11(7)14;1-6-2-4-7-5-3-6;1-3-5-4-2;3-1-2-7(4,5)6;2-1-3/h5-10,13-14,30H,3-4,11-12,15H2,1-2H3,(H2,28,29);9-12,20H,7-8,13-14H2,1-6H3;6-10,16H,1H2,2-5H3;5-8H,14H2,1-4H3;1-4H,5H2,(H2,17,18);2-5H2,1H3;5H,3-4H2,1-2H3;1-2H2;1H2. The molecule has 0 radical (unpaired) electrons. The number of sulfonamides is 3. The summed E-state index contributed by atoms with van der Waals surface area (Å²) in [5, 5.41) is 3.51. The molecule has 6 heterocycles. The molecule has 0 spiro atoms. The van der Waals surface area contributed by atoms with Crippen LogP contribution in [0.1, 0.15) is 136 Å². The summed E-state index contributed by atoms with van der Waals surface area (Å²) in [5.74, 6) is -2.18. The third-order valence-electron chi connectivity index (χ3n) is 22.5. The monoisotopic (exact) mass is 2200 g/mol. The molecule has 0 bridgehead atoms. The number of ether oxygens (including phenoxy) is 3. The normalized spacial score (nSPS) is 15.9. The van der Waals surface area contributed by atoms with E-state index in [2.05, 4.69) is 82.7 Å². The number of morpholine rings is 1. The van der Waals surface area contributed by atoms with Crippen molar-refractivity contribution in [1.82, 2.24) is 30.0 Å². The molecule has 772 valence electrons. The molecule has 4 saturated heterocycles. The van der Waals surface area contributed by atoms with E-state index in [-0.39, 0.29) is 104 Å². The summed E-state index contributed by atoms with van der Waals surface area (Å²) in [7, 11) is -8.06. The second-order valence-corrected chi connectivity index (χ2v) is 45.3. The lowest BCUT2D eigenvalue weighted by Gasteiger charge is -2.32. The highest BCUT2D eigenvalue weighted by Crippen LogP contribution is 2.40. The predicted octanol–water partition coefficient (Wildman–Crippen LogP) is 17.1. The molecule has 12 rings (SSSR count). The number of halogens is 11. The number of benzene rings is 6. The number of hydrogen-bond donors (Lipinski definition) is 7. The largest absolute Gasteiger partial charge is 0.494 e. The van der Waals surface area contributed by atoms with Gasteiger partial charge in [-0.3, -0.25) is 14.2 Å². The maximum Gasteiger partial charge on any atom is 0.494 e. The van der Waals surface area contributed by atoms with Crippen molar-refractivity contribution in [3.63, 3.8) is 0 Å². The molecule has 139 heavy (non-hydrogen) atoms. The summed E-state index contributed by atoms with van der Waals surface area (Å²) in [6, 6.07) is 35.4. The van der Waals surface area contributed by atoms with E-state index in [0.717, 1.165) is 123 Å². The smallest absolute Gasteiger partial charge is 0.485 e. The van der Waals surface area contributed by atoms with E-state index in [0.29, 0.717) is 40.2 Å². The van der Waals surface area contributed by atoms with Crippen LogP contribution < -0.4 is 62.5 Å². The number of alkyl halides is 3. The molecule has 4 fully saturated rings. The zero-order chi connectivity index (χ0) is 105. The van der Waals surface area contributed by atoms with Crippen LogP contribution in [0.4, 0.5) is 51.9 Å². The van der Waals surface area contributed by atoms with Gasteiger partial charge in [-0.25, -0.2) is 61.2 Å². The van der Waals surface area contributed by atoms with Gasteiger partial charge in [-0.2, -0.15) is 0 Å². The highest BCUT2D eigenvalue weighted by molar-refractivity contribution is 9.10. The van der Waals surface area contributed by atoms with Crippen molar-refractivity contribution in [3.05, 3.63) is 207 Å². The quantitative estimate of drug-likeness (QED) is 0.00530. The van der Waals surface area contributed by atoms with E-state index < -0.39 is 99.0 Å². The molecular formula is C92H132B3BrCl6F4N12O17S4. The zero-order valence-electron chi connectivity index (χ0n) is 82.0. The fraction of sp³-hybridized carbons (Fsp3) is 0.478. The Bertz CT molecular complexity index is 5580. The molecule has 0 saturated carbocycles. The van der Waals surface area contributed by atoms with Crippen LogP contribution >= 0.6 is 84.6 Å². The van der Waals surface area contributed by atoms with Gasteiger partial charge in [0.25, 0.3) is 10.0 Å². The summed E-state index contributed by atoms with van der Waals surface area (Å²) in [6.45, 7) is 49.5. The average molecular weight is 2210 g/mol. The van der Waals surface area contributed by atoms with Crippen LogP contribution in [-0.2, 0) is 85.0 Å². The Labute approximate surface area is 858 Å². The average Bonchev–Trinajstić information content (AvgIpc) is 1.63. The summed E-state index contributed by atoms with van der Waals surface area (Å²) >= 11 is 29.3. The van der Waals surface area contributed by atoms with Crippen molar-refractivity contribution < 1.29 is 93.4 Å². The topological polar surface area (TPSA) is 381 Å². The van der Waals surface area contributed by atoms with E-state index in [1.54, 1.807) is 72.8 Å². The Morgan fingerprint density at radius 3 is 1.12 bits per heavy atom. The number of anilines is 6. The van der Waals surface area contributed by atoms with Crippen molar-refractivity contribution in [2.75, 3.05) is 146 Å². The summed E-state index contributed by atoms with van der Waals surface area (Å²) in [5.41, 5.74) is 21.0. The Balaban J connectivity index is 0.000000349. The van der Waals surface area contributed by atoms with Gasteiger partial charge in [-0.05, 0) is 252 Å². The lowest BCUT2D eigenvalue weighted by molar-refractivity contribution is 0.00578. The van der Waals surface area contributed by atoms with Gasteiger partial charge < -0.3 is 79.4 Å². The molecular weight excluding hydrogens is 2070 g/mol. The zero-order valence-corrected chi connectivity index (χ0v) is 91.4.